The van der Waals surface area contributed by atoms with Crippen molar-refractivity contribution in [3.63, 3.8) is 0 Å². The molecule has 0 radical (unpaired) electrons. The molecule has 114 valence electrons. The highest BCUT2D eigenvalue weighted by molar-refractivity contribution is 5.88. The second kappa shape index (κ2) is 4.99. The molecule has 0 bridgehead atoms. The topological polar surface area (TPSA) is 89.1 Å². The van der Waals surface area contributed by atoms with Crippen molar-refractivity contribution in [1.29, 1.82) is 0 Å². The highest BCUT2D eigenvalue weighted by atomic mass is 19.1. The average molecular weight is 309 g/mol. The molecular weight excluding hydrogens is 297 g/mol. The largest absolute Gasteiger partial charge is 0.325 e. The standard InChI is InChI=1S/C16H12FN5O/c17-12-2-1-5-22-14(8-19-15(12)22)9-3-4-10-11(6-9)13(7-18)20-21-16(10)23/h1-6,8H,7,18H2,(H,21,23). The van der Waals surface area contributed by atoms with Crippen molar-refractivity contribution < 1.29 is 4.39 Å². The highest BCUT2D eigenvalue weighted by Gasteiger charge is 2.12. The van der Waals surface area contributed by atoms with E-state index in [1.165, 1.54) is 6.07 Å². The van der Waals surface area contributed by atoms with Crippen LogP contribution in [0.15, 0.2) is 47.5 Å². The number of rotatable bonds is 2. The van der Waals surface area contributed by atoms with Crippen LogP contribution in [0.1, 0.15) is 5.69 Å². The Morgan fingerprint density at radius 3 is 2.96 bits per heavy atom. The molecule has 0 saturated carbocycles. The van der Waals surface area contributed by atoms with E-state index in [2.05, 4.69) is 15.2 Å². The maximum absolute atomic E-state index is 13.8. The van der Waals surface area contributed by atoms with E-state index in [-0.39, 0.29) is 23.6 Å². The molecule has 4 rings (SSSR count). The lowest BCUT2D eigenvalue weighted by Gasteiger charge is -2.06. The van der Waals surface area contributed by atoms with E-state index in [1.807, 2.05) is 6.07 Å². The lowest BCUT2D eigenvalue weighted by molar-refractivity contribution is 0.630. The molecule has 1 aromatic carbocycles. The number of nitrogens with two attached hydrogens (primary N) is 1. The highest BCUT2D eigenvalue weighted by Crippen LogP contribution is 2.25. The minimum Gasteiger partial charge on any atom is -0.325 e. The van der Waals surface area contributed by atoms with Crippen LogP contribution in [0, 0.1) is 5.82 Å². The van der Waals surface area contributed by atoms with Gasteiger partial charge in [0.2, 0.25) is 0 Å². The molecule has 0 aliphatic heterocycles. The fourth-order valence-corrected chi connectivity index (χ4v) is 2.72. The number of hydrogen-bond donors (Lipinski definition) is 2. The van der Waals surface area contributed by atoms with Gasteiger partial charge in [-0.25, -0.2) is 14.5 Å². The van der Waals surface area contributed by atoms with Gasteiger partial charge in [0.25, 0.3) is 5.56 Å². The van der Waals surface area contributed by atoms with Crippen LogP contribution in [-0.4, -0.2) is 19.6 Å². The predicted molar refractivity (Wildman–Crippen MR) is 84.4 cm³/mol. The monoisotopic (exact) mass is 309 g/mol. The van der Waals surface area contributed by atoms with Gasteiger partial charge in [0.15, 0.2) is 11.5 Å². The fraction of sp³-hybridized carbons (Fsp3) is 0.0625. The first kappa shape index (κ1) is 13.6. The number of hydrogen-bond acceptors (Lipinski definition) is 4. The summed E-state index contributed by atoms with van der Waals surface area (Å²) in [5.74, 6) is -0.389. The Bertz CT molecular complexity index is 1100. The van der Waals surface area contributed by atoms with Gasteiger partial charge in [-0.05, 0) is 24.3 Å². The smallest absolute Gasteiger partial charge is 0.272 e. The first-order chi connectivity index (χ1) is 11.2. The van der Waals surface area contributed by atoms with E-state index in [4.69, 9.17) is 5.73 Å². The van der Waals surface area contributed by atoms with E-state index in [1.54, 1.807) is 35.0 Å². The van der Waals surface area contributed by atoms with Gasteiger partial charge in [-0.1, -0.05) is 6.07 Å². The molecule has 0 amide bonds. The van der Waals surface area contributed by atoms with Gasteiger partial charge in [-0.2, -0.15) is 5.10 Å². The molecule has 0 aliphatic carbocycles. The van der Waals surface area contributed by atoms with Crippen molar-refractivity contribution >= 4 is 16.4 Å². The normalized spacial score (nSPS) is 11.4. The van der Waals surface area contributed by atoms with Crippen LogP contribution in [0.4, 0.5) is 4.39 Å². The number of aromatic amines is 1. The number of imidazole rings is 1. The Morgan fingerprint density at radius 2 is 2.13 bits per heavy atom. The van der Waals surface area contributed by atoms with Crippen molar-refractivity contribution in [2.24, 2.45) is 5.73 Å². The minimum absolute atomic E-state index is 0.207. The van der Waals surface area contributed by atoms with Crippen molar-refractivity contribution in [3.05, 3.63) is 64.6 Å². The summed E-state index contributed by atoms with van der Waals surface area (Å²) >= 11 is 0. The number of nitrogens with zero attached hydrogens (tertiary/aromatic N) is 3. The lowest BCUT2D eigenvalue weighted by atomic mass is 10.1. The molecular formula is C16H12FN5O. The van der Waals surface area contributed by atoms with Crippen LogP contribution in [0.2, 0.25) is 0 Å². The van der Waals surface area contributed by atoms with Crippen LogP contribution in [0.5, 0.6) is 0 Å². The Balaban J connectivity index is 2.02. The lowest BCUT2D eigenvalue weighted by Crippen LogP contribution is -2.13. The maximum Gasteiger partial charge on any atom is 0.272 e. The van der Waals surface area contributed by atoms with E-state index in [0.29, 0.717) is 16.5 Å². The van der Waals surface area contributed by atoms with Crippen LogP contribution < -0.4 is 11.3 Å². The number of fused-ring (bicyclic) bond motifs is 2. The third-order valence-electron chi connectivity index (χ3n) is 3.84. The van der Waals surface area contributed by atoms with Crippen molar-refractivity contribution in [1.82, 2.24) is 19.6 Å². The number of nitrogens with one attached hydrogen (secondary N) is 1. The molecule has 23 heavy (non-hydrogen) atoms. The van der Waals surface area contributed by atoms with Gasteiger partial charge < -0.3 is 5.73 Å². The molecule has 0 aliphatic rings. The minimum atomic E-state index is -0.389. The van der Waals surface area contributed by atoms with Gasteiger partial charge in [-0.3, -0.25) is 9.20 Å². The van der Waals surface area contributed by atoms with Gasteiger partial charge in [0, 0.05) is 23.7 Å². The first-order valence-electron chi connectivity index (χ1n) is 7.02. The zero-order valence-corrected chi connectivity index (χ0v) is 12.0. The van der Waals surface area contributed by atoms with Crippen molar-refractivity contribution in [2.75, 3.05) is 0 Å². The molecule has 0 atom stereocenters. The van der Waals surface area contributed by atoms with Gasteiger partial charge in [0.1, 0.15) is 0 Å². The number of benzene rings is 1. The third kappa shape index (κ3) is 2.01. The Morgan fingerprint density at radius 1 is 1.26 bits per heavy atom. The number of halogens is 1. The molecule has 0 fully saturated rings. The molecule has 6 nitrogen and oxygen atoms in total. The van der Waals surface area contributed by atoms with Gasteiger partial charge >= 0.3 is 0 Å². The number of pyridine rings is 1. The molecule has 0 spiro atoms. The molecule has 0 saturated heterocycles. The average Bonchev–Trinajstić information content (AvgIpc) is 3.00. The van der Waals surface area contributed by atoms with Crippen molar-refractivity contribution in [3.8, 4) is 11.3 Å². The van der Waals surface area contributed by atoms with Gasteiger partial charge in [-0.15, -0.1) is 0 Å². The quantitative estimate of drug-likeness (QED) is 0.591. The fourth-order valence-electron chi connectivity index (χ4n) is 2.72. The second-order valence-corrected chi connectivity index (χ2v) is 5.16. The molecule has 4 aromatic rings. The Labute approximate surface area is 129 Å². The van der Waals surface area contributed by atoms with Crippen molar-refractivity contribution in [2.45, 2.75) is 6.54 Å². The van der Waals surface area contributed by atoms with E-state index < -0.39 is 0 Å². The summed E-state index contributed by atoms with van der Waals surface area (Å²) in [4.78, 5) is 16.0. The number of aromatic nitrogens is 4. The summed E-state index contributed by atoms with van der Waals surface area (Å²) in [5.41, 5.74) is 7.81. The van der Waals surface area contributed by atoms with Crippen LogP contribution >= 0.6 is 0 Å². The Kier molecular flexibility index (Phi) is 2.95. The summed E-state index contributed by atoms with van der Waals surface area (Å²) in [5, 5.41) is 7.61. The summed E-state index contributed by atoms with van der Waals surface area (Å²) in [6, 6.07) is 8.32. The SMILES string of the molecule is NCc1n[nH]c(=O)c2ccc(-c3cnc4c(F)cccn34)cc12. The second-order valence-electron chi connectivity index (χ2n) is 5.16. The maximum atomic E-state index is 13.8. The predicted octanol–water partition coefficient (Wildman–Crippen LogP) is 1.84. The first-order valence-corrected chi connectivity index (χ1v) is 7.02. The zero-order valence-electron chi connectivity index (χ0n) is 12.0. The van der Waals surface area contributed by atoms with Crippen LogP contribution in [0.25, 0.3) is 27.7 Å². The summed E-state index contributed by atoms with van der Waals surface area (Å²) in [6.45, 7) is 0.207. The van der Waals surface area contributed by atoms with Gasteiger partial charge in [0.05, 0.1) is 23.0 Å². The number of H-pyrrole nitrogens is 1. The Hall–Kier alpha value is -3.06. The van der Waals surface area contributed by atoms with E-state index in [0.717, 1.165) is 11.3 Å². The molecule has 0 unspecified atom stereocenters. The van der Waals surface area contributed by atoms with Crippen LogP contribution in [-0.2, 0) is 6.54 Å². The van der Waals surface area contributed by atoms with Crippen LogP contribution in [0.3, 0.4) is 0 Å². The zero-order chi connectivity index (χ0) is 16.0. The molecule has 3 heterocycles. The summed E-state index contributed by atoms with van der Waals surface area (Å²) < 4.78 is 15.5. The summed E-state index contributed by atoms with van der Waals surface area (Å²) in [6.07, 6.45) is 3.34. The summed E-state index contributed by atoms with van der Waals surface area (Å²) in [7, 11) is 0. The van der Waals surface area contributed by atoms with E-state index >= 15 is 0 Å². The van der Waals surface area contributed by atoms with E-state index in [9.17, 15) is 9.18 Å². The molecule has 7 heteroatoms. The molecule has 3 aromatic heterocycles. The molecule has 3 N–H and O–H groups in total. The third-order valence-corrected chi connectivity index (χ3v) is 3.84.